The minimum Gasteiger partial charge on any atom is -0.493 e. The third-order valence-electron chi connectivity index (χ3n) is 4.55. The van der Waals surface area contributed by atoms with Crippen molar-refractivity contribution in [1.82, 2.24) is 0 Å². The van der Waals surface area contributed by atoms with Crippen LogP contribution in [0.15, 0.2) is 103 Å². The third-order valence-corrected chi connectivity index (χ3v) is 7.04. The Morgan fingerprint density at radius 3 is 2.43 bits per heavy atom. The van der Waals surface area contributed by atoms with Crippen LogP contribution < -0.4 is 10.3 Å². The van der Waals surface area contributed by atoms with E-state index in [1.807, 2.05) is 24.5 Å². The summed E-state index contributed by atoms with van der Waals surface area (Å²) in [5.41, 5.74) is 1.05. The number of ether oxygens (including phenoxy) is 1. The maximum atomic E-state index is 13.4. The average molecular weight is 438 g/mol. The molecular weight excluding hydrogens is 418 g/mol. The first-order valence-electron chi connectivity index (χ1n) is 9.13. The number of nitrogens with zero attached hydrogens (tertiary/aromatic N) is 1. The number of thioether (sulfide) groups is 1. The van der Waals surface area contributed by atoms with Crippen LogP contribution in [0.2, 0.25) is 0 Å². The van der Waals surface area contributed by atoms with Gasteiger partial charge in [-0.1, -0.05) is 36.4 Å². The van der Waals surface area contributed by atoms with Crippen molar-refractivity contribution < 1.29 is 17.6 Å². The first-order valence-corrected chi connectivity index (χ1v) is 11.8. The number of hydrogen-bond acceptors (Lipinski definition) is 6. The molecule has 0 spiro atoms. The van der Waals surface area contributed by atoms with Crippen molar-refractivity contribution in [1.29, 1.82) is 0 Å². The Kier molecular flexibility index (Phi) is 5.65. The van der Waals surface area contributed by atoms with Crippen LogP contribution in [0.4, 0.5) is 5.69 Å². The Balaban J connectivity index is 2.06. The molecular formula is C23H19NO4S2. The van der Waals surface area contributed by atoms with Crippen LogP contribution in [0.25, 0.3) is 11.0 Å². The molecule has 0 aliphatic carbocycles. The maximum absolute atomic E-state index is 13.4. The van der Waals surface area contributed by atoms with Gasteiger partial charge in [-0.3, -0.25) is 0 Å². The minimum absolute atomic E-state index is 0.00371. The summed E-state index contributed by atoms with van der Waals surface area (Å²) < 4.78 is 38.2. The monoisotopic (exact) mass is 437 g/mol. The van der Waals surface area contributed by atoms with Gasteiger partial charge < -0.3 is 9.15 Å². The molecule has 0 atom stereocenters. The predicted octanol–water partition coefficient (Wildman–Crippen LogP) is 5.23. The summed E-state index contributed by atoms with van der Waals surface area (Å²) in [7, 11) is -2.31. The van der Waals surface area contributed by atoms with Gasteiger partial charge in [-0.05, 0) is 48.7 Å². The molecule has 0 aliphatic heterocycles. The molecule has 30 heavy (non-hydrogen) atoms. The van der Waals surface area contributed by atoms with Crippen LogP contribution in [-0.4, -0.2) is 21.8 Å². The van der Waals surface area contributed by atoms with Crippen molar-refractivity contribution >= 4 is 38.3 Å². The quantitative estimate of drug-likeness (QED) is 0.400. The highest BCUT2D eigenvalue weighted by Gasteiger charge is 2.23. The molecule has 1 heterocycles. The van der Waals surface area contributed by atoms with Crippen LogP contribution in [0, 0.1) is 0 Å². The third kappa shape index (κ3) is 3.86. The van der Waals surface area contributed by atoms with Crippen molar-refractivity contribution in [3.8, 4) is 5.75 Å². The standard InChI is InChI=1S/C23H19NO4S2/c1-27-20-13-6-8-16-14-21(30(25,26)19-11-4-3-5-12-19)23(28-22(16)20)24-17-9-7-10-18(15-17)29-2/h3-15H,1-2H3. The highest BCUT2D eigenvalue weighted by Crippen LogP contribution is 2.28. The fourth-order valence-corrected chi connectivity index (χ4v) is 4.88. The number of benzene rings is 3. The molecule has 0 aliphatic rings. The molecule has 0 amide bonds. The lowest BCUT2D eigenvalue weighted by Crippen LogP contribution is -2.16. The molecule has 152 valence electrons. The molecule has 0 saturated heterocycles. The van der Waals surface area contributed by atoms with Crippen LogP contribution >= 0.6 is 11.8 Å². The van der Waals surface area contributed by atoms with E-state index >= 15 is 0 Å². The Morgan fingerprint density at radius 2 is 1.70 bits per heavy atom. The molecule has 7 heteroatoms. The van der Waals surface area contributed by atoms with Gasteiger partial charge in [-0.2, -0.15) is 0 Å². The number of methoxy groups -OCH3 is 1. The molecule has 4 aromatic rings. The van der Waals surface area contributed by atoms with Crippen molar-refractivity contribution in [2.45, 2.75) is 14.7 Å². The first-order chi connectivity index (χ1) is 14.5. The van der Waals surface area contributed by atoms with E-state index in [-0.39, 0.29) is 15.3 Å². The zero-order valence-corrected chi connectivity index (χ0v) is 18.0. The largest absolute Gasteiger partial charge is 0.493 e. The van der Waals surface area contributed by atoms with Crippen LogP contribution in [0.5, 0.6) is 5.75 Å². The summed E-state index contributed by atoms with van der Waals surface area (Å²) in [6.45, 7) is 0. The number of para-hydroxylation sites is 1. The number of hydrogen-bond donors (Lipinski definition) is 0. The number of sulfone groups is 1. The van der Waals surface area contributed by atoms with Crippen LogP contribution in [0.3, 0.4) is 0 Å². The zero-order chi connectivity index (χ0) is 21.1. The van der Waals surface area contributed by atoms with Gasteiger partial charge >= 0.3 is 0 Å². The van der Waals surface area contributed by atoms with E-state index in [0.717, 1.165) is 4.90 Å². The molecule has 3 aromatic carbocycles. The van der Waals surface area contributed by atoms with Gasteiger partial charge in [0.25, 0.3) is 0 Å². The van der Waals surface area contributed by atoms with E-state index in [1.165, 1.54) is 7.11 Å². The van der Waals surface area contributed by atoms with Gasteiger partial charge in [0.05, 0.1) is 17.7 Å². The lowest BCUT2D eigenvalue weighted by Gasteiger charge is -2.09. The second-order valence-corrected chi connectivity index (χ2v) is 9.22. The summed E-state index contributed by atoms with van der Waals surface area (Å²) in [5.74, 6) is 0.505. The van der Waals surface area contributed by atoms with Gasteiger partial charge in [0.1, 0.15) is 4.90 Å². The van der Waals surface area contributed by atoms with Gasteiger partial charge in [0, 0.05) is 10.3 Å². The molecule has 0 saturated carbocycles. The highest BCUT2D eigenvalue weighted by molar-refractivity contribution is 7.98. The fraction of sp³-hybridized carbons (Fsp3) is 0.0870. The molecule has 0 radical (unpaired) electrons. The summed E-state index contributed by atoms with van der Waals surface area (Å²) in [6, 6.07) is 22.7. The van der Waals surface area contributed by atoms with Crippen LogP contribution in [0.1, 0.15) is 0 Å². The summed E-state index contributed by atoms with van der Waals surface area (Å²) in [5, 5.41) is 0.612. The molecule has 0 bridgehead atoms. The van der Waals surface area contributed by atoms with E-state index in [4.69, 9.17) is 9.15 Å². The lowest BCUT2D eigenvalue weighted by atomic mass is 10.2. The fourth-order valence-electron chi connectivity index (χ4n) is 3.06. The Bertz CT molecular complexity index is 1380. The molecule has 4 rings (SSSR count). The molecule has 0 fully saturated rings. The van der Waals surface area contributed by atoms with E-state index in [2.05, 4.69) is 4.99 Å². The second kappa shape index (κ2) is 8.38. The smallest absolute Gasteiger partial charge is 0.239 e. The minimum atomic E-state index is -3.85. The molecule has 1 aromatic heterocycles. The maximum Gasteiger partial charge on any atom is 0.239 e. The number of fused-ring (bicyclic) bond motifs is 1. The summed E-state index contributed by atoms with van der Waals surface area (Å²) in [6.07, 6.45) is 1.97. The summed E-state index contributed by atoms with van der Waals surface area (Å²) >= 11 is 1.58. The SMILES string of the molecule is COc1cccc2cc(S(=O)(=O)c3ccccc3)c(=Nc3cccc(SC)c3)oc12. The topological polar surface area (TPSA) is 68.9 Å². The normalized spacial score (nSPS) is 12.3. The Hall–Kier alpha value is -3.03. The van der Waals surface area contributed by atoms with Gasteiger partial charge in [0.15, 0.2) is 11.3 Å². The molecule has 0 N–H and O–H groups in total. The predicted molar refractivity (Wildman–Crippen MR) is 118 cm³/mol. The van der Waals surface area contributed by atoms with E-state index in [0.29, 0.717) is 22.4 Å². The Morgan fingerprint density at radius 1 is 0.933 bits per heavy atom. The van der Waals surface area contributed by atoms with Gasteiger partial charge in [-0.25, -0.2) is 13.4 Å². The van der Waals surface area contributed by atoms with Crippen molar-refractivity contribution in [2.75, 3.05) is 13.4 Å². The zero-order valence-electron chi connectivity index (χ0n) is 16.4. The Labute approximate surface area is 179 Å². The van der Waals surface area contributed by atoms with E-state index < -0.39 is 9.84 Å². The van der Waals surface area contributed by atoms with Gasteiger partial charge in [-0.15, -0.1) is 11.8 Å². The molecule has 5 nitrogen and oxygen atoms in total. The first kappa shape index (κ1) is 20.3. The lowest BCUT2D eigenvalue weighted by molar-refractivity contribution is 0.404. The second-order valence-electron chi connectivity index (χ2n) is 6.42. The highest BCUT2D eigenvalue weighted by atomic mass is 32.2. The van der Waals surface area contributed by atoms with E-state index in [1.54, 1.807) is 72.4 Å². The molecule has 0 unspecified atom stereocenters. The van der Waals surface area contributed by atoms with Crippen molar-refractivity contribution in [2.24, 2.45) is 4.99 Å². The average Bonchev–Trinajstić information content (AvgIpc) is 2.79. The number of rotatable bonds is 5. The van der Waals surface area contributed by atoms with Gasteiger partial charge in [0.2, 0.25) is 15.4 Å². The summed E-state index contributed by atoms with van der Waals surface area (Å²) in [4.78, 5) is 5.75. The van der Waals surface area contributed by atoms with Crippen molar-refractivity contribution in [3.63, 3.8) is 0 Å². The van der Waals surface area contributed by atoms with E-state index in [9.17, 15) is 8.42 Å². The van der Waals surface area contributed by atoms with Crippen molar-refractivity contribution in [3.05, 3.63) is 84.4 Å². The van der Waals surface area contributed by atoms with Crippen LogP contribution in [-0.2, 0) is 9.84 Å².